The van der Waals surface area contributed by atoms with Gasteiger partial charge in [-0.05, 0) is 13.0 Å². The number of carbonyl (C=O) groups is 1. The number of nitrogens with zero attached hydrogens (tertiary/aromatic N) is 2. The molecule has 1 aromatic rings. The second kappa shape index (κ2) is 5.74. The standard InChI is InChI=1S/C10H13N3O2/c1-3-15-5-4-8-6-12-7-13-9(8)10(14)11-2/h4-7H,3H2,1-2H3,(H,11,14)/b5-4+. The number of hydrogen-bond donors (Lipinski definition) is 1. The number of hydrogen-bond acceptors (Lipinski definition) is 4. The number of carbonyl (C=O) groups excluding carboxylic acids is 1. The van der Waals surface area contributed by atoms with Crippen molar-refractivity contribution >= 4 is 12.0 Å². The monoisotopic (exact) mass is 207 g/mol. The zero-order chi connectivity index (χ0) is 11.1. The Morgan fingerprint density at radius 2 is 2.47 bits per heavy atom. The first-order valence-electron chi connectivity index (χ1n) is 4.59. The van der Waals surface area contributed by atoms with Crippen LogP contribution in [-0.4, -0.2) is 29.5 Å². The van der Waals surface area contributed by atoms with E-state index in [1.807, 2.05) is 6.92 Å². The maximum atomic E-state index is 11.4. The molecule has 1 rings (SSSR count). The molecule has 0 aromatic carbocycles. The van der Waals surface area contributed by atoms with E-state index < -0.39 is 0 Å². The van der Waals surface area contributed by atoms with Crippen LogP contribution in [0.3, 0.4) is 0 Å². The quantitative estimate of drug-likeness (QED) is 0.743. The van der Waals surface area contributed by atoms with Crippen molar-refractivity contribution in [1.82, 2.24) is 15.3 Å². The summed E-state index contributed by atoms with van der Waals surface area (Å²) in [5, 5.41) is 2.51. The Kier molecular flexibility index (Phi) is 4.28. The largest absolute Gasteiger partial charge is 0.501 e. The van der Waals surface area contributed by atoms with Gasteiger partial charge in [0.25, 0.3) is 5.91 Å². The average molecular weight is 207 g/mol. The molecule has 0 aliphatic rings. The van der Waals surface area contributed by atoms with Gasteiger partial charge in [0.05, 0.1) is 12.9 Å². The third-order valence-electron chi connectivity index (χ3n) is 1.69. The molecule has 15 heavy (non-hydrogen) atoms. The Bertz CT molecular complexity index is 363. The molecule has 5 nitrogen and oxygen atoms in total. The Balaban J connectivity index is 2.91. The molecule has 0 fully saturated rings. The van der Waals surface area contributed by atoms with E-state index in [2.05, 4.69) is 15.3 Å². The lowest BCUT2D eigenvalue weighted by Gasteiger charge is -2.01. The molecule has 0 spiro atoms. The van der Waals surface area contributed by atoms with Crippen LogP contribution in [0, 0.1) is 0 Å². The Morgan fingerprint density at radius 1 is 1.67 bits per heavy atom. The van der Waals surface area contributed by atoms with Crippen LogP contribution in [0.1, 0.15) is 23.0 Å². The minimum atomic E-state index is -0.242. The predicted octanol–water partition coefficient (Wildman–Crippen LogP) is 0.843. The van der Waals surface area contributed by atoms with E-state index in [9.17, 15) is 4.79 Å². The highest BCUT2D eigenvalue weighted by Gasteiger charge is 2.08. The molecule has 1 heterocycles. The van der Waals surface area contributed by atoms with Crippen LogP contribution >= 0.6 is 0 Å². The lowest BCUT2D eigenvalue weighted by molar-refractivity contribution is 0.0958. The van der Waals surface area contributed by atoms with Crippen molar-refractivity contribution in [3.63, 3.8) is 0 Å². The molecule has 1 N–H and O–H groups in total. The summed E-state index contributed by atoms with van der Waals surface area (Å²) in [6, 6.07) is 0. The van der Waals surface area contributed by atoms with Crippen LogP contribution in [0.25, 0.3) is 6.08 Å². The molecule has 80 valence electrons. The van der Waals surface area contributed by atoms with Crippen molar-refractivity contribution in [1.29, 1.82) is 0 Å². The first kappa shape index (κ1) is 11.2. The average Bonchev–Trinajstić information content (AvgIpc) is 2.29. The van der Waals surface area contributed by atoms with Gasteiger partial charge < -0.3 is 10.1 Å². The normalized spacial score (nSPS) is 10.3. The molecule has 0 unspecified atom stereocenters. The van der Waals surface area contributed by atoms with E-state index in [1.165, 1.54) is 12.6 Å². The van der Waals surface area contributed by atoms with Gasteiger partial charge in [0.1, 0.15) is 12.0 Å². The maximum Gasteiger partial charge on any atom is 0.270 e. The maximum absolute atomic E-state index is 11.4. The van der Waals surface area contributed by atoms with E-state index in [1.54, 1.807) is 19.3 Å². The van der Waals surface area contributed by atoms with Crippen molar-refractivity contribution in [3.8, 4) is 0 Å². The van der Waals surface area contributed by atoms with Crippen molar-refractivity contribution in [2.24, 2.45) is 0 Å². The number of amides is 1. The Labute approximate surface area is 88.2 Å². The van der Waals surface area contributed by atoms with Crippen LogP contribution in [0.15, 0.2) is 18.8 Å². The van der Waals surface area contributed by atoms with Gasteiger partial charge in [-0.1, -0.05) is 0 Å². The predicted molar refractivity (Wildman–Crippen MR) is 56.1 cm³/mol. The minimum Gasteiger partial charge on any atom is -0.501 e. The molecule has 0 bridgehead atoms. The van der Waals surface area contributed by atoms with Crippen molar-refractivity contribution in [2.45, 2.75) is 6.92 Å². The highest BCUT2D eigenvalue weighted by molar-refractivity contribution is 5.95. The van der Waals surface area contributed by atoms with Gasteiger partial charge in [0.2, 0.25) is 0 Å². The molecule has 0 aliphatic heterocycles. The number of rotatable bonds is 4. The van der Waals surface area contributed by atoms with Gasteiger partial charge in [-0.2, -0.15) is 0 Å². The SMILES string of the molecule is CCO/C=C/c1cncnc1C(=O)NC. The zero-order valence-electron chi connectivity index (χ0n) is 8.73. The van der Waals surface area contributed by atoms with Gasteiger partial charge in [0.15, 0.2) is 0 Å². The summed E-state index contributed by atoms with van der Waals surface area (Å²) < 4.78 is 5.04. The highest BCUT2D eigenvalue weighted by atomic mass is 16.5. The lowest BCUT2D eigenvalue weighted by Crippen LogP contribution is -2.20. The summed E-state index contributed by atoms with van der Waals surface area (Å²) in [4.78, 5) is 19.1. The minimum absolute atomic E-state index is 0.242. The fraction of sp³-hybridized carbons (Fsp3) is 0.300. The second-order valence-electron chi connectivity index (χ2n) is 2.66. The van der Waals surface area contributed by atoms with Crippen molar-refractivity contribution in [3.05, 3.63) is 30.0 Å². The zero-order valence-corrected chi connectivity index (χ0v) is 8.73. The summed E-state index contributed by atoms with van der Waals surface area (Å²) >= 11 is 0. The molecule has 0 radical (unpaired) electrons. The summed E-state index contributed by atoms with van der Waals surface area (Å²) in [5.41, 5.74) is 0.966. The Morgan fingerprint density at radius 3 is 3.13 bits per heavy atom. The molecule has 5 heteroatoms. The molecule has 0 atom stereocenters. The van der Waals surface area contributed by atoms with Gasteiger partial charge in [-0.3, -0.25) is 4.79 Å². The van der Waals surface area contributed by atoms with Crippen LogP contribution < -0.4 is 5.32 Å². The molecule has 1 aromatic heterocycles. The van der Waals surface area contributed by atoms with E-state index in [-0.39, 0.29) is 5.91 Å². The lowest BCUT2D eigenvalue weighted by atomic mass is 10.2. The third-order valence-corrected chi connectivity index (χ3v) is 1.69. The molecule has 0 saturated heterocycles. The van der Waals surface area contributed by atoms with E-state index in [0.29, 0.717) is 17.9 Å². The van der Waals surface area contributed by atoms with Gasteiger partial charge in [0, 0.05) is 18.8 Å². The number of nitrogens with one attached hydrogen (secondary N) is 1. The fourth-order valence-corrected chi connectivity index (χ4v) is 0.988. The topological polar surface area (TPSA) is 64.1 Å². The molecular weight excluding hydrogens is 194 g/mol. The number of ether oxygens (including phenoxy) is 1. The first-order valence-corrected chi connectivity index (χ1v) is 4.59. The fourth-order valence-electron chi connectivity index (χ4n) is 0.988. The van der Waals surface area contributed by atoms with Crippen LogP contribution in [0.4, 0.5) is 0 Å². The van der Waals surface area contributed by atoms with E-state index in [0.717, 1.165) is 0 Å². The Hall–Kier alpha value is -1.91. The van der Waals surface area contributed by atoms with E-state index >= 15 is 0 Å². The summed E-state index contributed by atoms with van der Waals surface area (Å²) in [6.07, 6.45) is 6.08. The molecular formula is C10H13N3O2. The van der Waals surface area contributed by atoms with Crippen LogP contribution in [0.2, 0.25) is 0 Å². The highest BCUT2D eigenvalue weighted by Crippen LogP contribution is 2.05. The molecule has 0 saturated carbocycles. The van der Waals surface area contributed by atoms with Crippen molar-refractivity contribution in [2.75, 3.05) is 13.7 Å². The van der Waals surface area contributed by atoms with Crippen LogP contribution in [0.5, 0.6) is 0 Å². The molecule has 1 amide bonds. The van der Waals surface area contributed by atoms with Gasteiger partial charge >= 0.3 is 0 Å². The molecule has 0 aliphatic carbocycles. The smallest absolute Gasteiger partial charge is 0.270 e. The van der Waals surface area contributed by atoms with E-state index in [4.69, 9.17) is 4.74 Å². The van der Waals surface area contributed by atoms with Crippen LogP contribution in [-0.2, 0) is 4.74 Å². The number of aromatic nitrogens is 2. The summed E-state index contributed by atoms with van der Waals surface area (Å²) in [6.45, 7) is 2.46. The van der Waals surface area contributed by atoms with Gasteiger partial charge in [-0.25, -0.2) is 9.97 Å². The summed E-state index contributed by atoms with van der Waals surface area (Å²) in [7, 11) is 1.56. The van der Waals surface area contributed by atoms with Crippen molar-refractivity contribution < 1.29 is 9.53 Å². The van der Waals surface area contributed by atoms with Gasteiger partial charge in [-0.15, -0.1) is 0 Å². The summed E-state index contributed by atoms with van der Waals surface area (Å²) in [5.74, 6) is -0.242. The second-order valence-corrected chi connectivity index (χ2v) is 2.66. The first-order chi connectivity index (χ1) is 7.29. The third kappa shape index (κ3) is 3.05.